The minimum atomic E-state index is 0.435. The zero-order chi connectivity index (χ0) is 8.77. The van der Waals surface area contributed by atoms with Gasteiger partial charge in [0.2, 0.25) is 0 Å². The first-order valence-corrected chi connectivity index (χ1v) is 4.90. The number of hydrogen-bond donors (Lipinski definition) is 0. The van der Waals surface area contributed by atoms with E-state index in [1.807, 2.05) is 0 Å². The summed E-state index contributed by atoms with van der Waals surface area (Å²) in [7, 11) is 0. The molecule has 0 aromatic carbocycles. The summed E-state index contributed by atoms with van der Waals surface area (Å²) in [5.41, 5.74) is 0.435. The summed E-state index contributed by atoms with van der Waals surface area (Å²) < 4.78 is 5.55. The molecule has 0 spiro atoms. The molecule has 12 heavy (non-hydrogen) atoms. The summed E-state index contributed by atoms with van der Waals surface area (Å²) in [6.07, 6.45) is 1.83. The summed E-state index contributed by atoms with van der Waals surface area (Å²) in [5.74, 6) is 0. The Morgan fingerprint density at radius 3 is 2.58 bits per heavy atom. The Kier molecular flexibility index (Phi) is 1.92. The van der Waals surface area contributed by atoms with Crippen molar-refractivity contribution in [3.05, 3.63) is 0 Å². The molecule has 0 N–H and O–H groups in total. The minimum absolute atomic E-state index is 0.435. The molecule has 0 aromatic rings. The highest BCUT2D eigenvalue weighted by Gasteiger charge is 2.39. The number of nitrogens with zero attached hydrogens (tertiary/aromatic N) is 1. The van der Waals surface area contributed by atoms with E-state index < -0.39 is 0 Å². The van der Waals surface area contributed by atoms with Crippen molar-refractivity contribution in [2.75, 3.05) is 19.7 Å². The fraction of sp³-hybridized carbons (Fsp3) is 1.00. The van der Waals surface area contributed by atoms with Crippen LogP contribution in [0.25, 0.3) is 0 Å². The lowest BCUT2D eigenvalue weighted by molar-refractivity contribution is 0.0180. The first kappa shape index (κ1) is 8.52. The topological polar surface area (TPSA) is 12.5 Å². The van der Waals surface area contributed by atoms with E-state index in [0.717, 1.165) is 12.6 Å². The van der Waals surface area contributed by atoms with Crippen molar-refractivity contribution < 1.29 is 4.74 Å². The normalized spacial score (nSPS) is 36.2. The van der Waals surface area contributed by atoms with Gasteiger partial charge in [-0.15, -0.1) is 0 Å². The third kappa shape index (κ3) is 1.64. The Morgan fingerprint density at radius 2 is 2.17 bits per heavy atom. The van der Waals surface area contributed by atoms with Gasteiger partial charge in [-0.05, 0) is 11.8 Å². The van der Waals surface area contributed by atoms with Gasteiger partial charge in [0.25, 0.3) is 0 Å². The van der Waals surface area contributed by atoms with Crippen LogP contribution in [0.5, 0.6) is 0 Å². The van der Waals surface area contributed by atoms with Crippen LogP contribution < -0.4 is 0 Å². The summed E-state index contributed by atoms with van der Waals surface area (Å²) in [6.45, 7) is 10.3. The predicted molar refractivity (Wildman–Crippen MR) is 49.2 cm³/mol. The lowest BCUT2D eigenvalue weighted by atomic mass is 9.96. The van der Waals surface area contributed by atoms with Crippen LogP contribution in [-0.2, 0) is 4.74 Å². The summed E-state index contributed by atoms with van der Waals surface area (Å²) in [6, 6.07) is 0.731. The number of rotatable bonds is 1. The zero-order valence-electron chi connectivity index (χ0n) is 8.34. The molecule has 0 amide bonds. The lowest BCUT2D eigenvalue weighted by Gasteiger charge is -2.32. The molecule has 2 aliphatic rings. The fourth-order valence-corrected chi connectivity index (χ4v) is 2.28. The molecule has 0 aromatic heterocycles. The summed E-state index contributed by atoms with van der Waals surface area (Å²) >= 11 is 0. The Bertz CT molecular complexity index is 173. The summed E-state index contributed by atoms with van der Waals surface area (Å²) in [4.78, 5) is 2.59. The highest BCUT2D eigenvalue weighted by molar-refractivity contribution is 4.92. The van der Waals surface area contributed by atoms with Gasteiger partial charge in [-0.3, -0.25) is 4.90 Å². The fourth-order valence-electron chi connectivity index (χ4n) is 2.28. The minimum Gasteiger partial charge on any atom is -0.375 e. The van der Waals surface area contributed by atoms with Crippen LogP contribution in [0.2, 0.25) is 0 Å². The zero-order valence-corrected chi connectivity index (χ0v) is 8.34. The van der Waals surface area contributed by atoms with Crippen molar-refractivity contribution in [2.45, 2.75) is 39.3 Å². The van der Waals surface area contributed by atoms with Gasteiger partial charge >= 0.3 is 0 Å². The van der Waals surface area contributed by atoms with Crippen LogP contribution in [0.4, 0.5) is 0 Å². The maximum Gasteiger partial charge on any atom is 0.0718 e. The molecular weight excluding hydrogens is 150 g/mol. The molecule has 2 heteroatoms. The second-order valence-electron chi connectivity index (χ2n) is 5.33. The standard InChI is InChI=1S/C10H19NO/c1-10(2,3)7-11-5-9-4-8(11)6-12-9/h8-9H,4-7H2,1-3H3/t8-,9-/m1/s1. The SMILES string of the molecule is CC(C)(C)CN1C[C@H]2C[C@@H]1CO2. The van der Waals surface area contributed by atoms with E-state index in [1.54, 1.807) is 0 Å². The molecular formula is C10H19NO. The Labute approximate surface area is 74.9 Å². The molecule has 2 aliphatic heterocycles. The third-order valence-corrected chi connectivity index (χ3v) is 2.69. The molecule has 2 rings (SSSR count). The second-order valence-corrected chi connectivity index (χ2v) is 5.33. The quantitative estimate of drug-likeness (QED) is 0.590. The second kappa shape index (κ2) is 2.71. The smallest absolute Gasteiger partial charge is 0.0718 e. The molecule has 2 nitrogen and oxygen atoms in total. The van der Waals surface area contributed by atoms with Crippen molar-refractivity contribution in [3.8, 4) is 0 Å². The summed E-state index contributed by atoms with van der Waals surface area (Å²) in [5, 5.41) is 0. The highest BCUT2D eigenvalue weighted by atomic mass is 16.5. The van der Waals surface area contributed by atoms with Crippen LogP contribution >= 0.6 is 0 Å². The molecule has 70 valence electrons. The predicted octanol–water partition coefficient (Wildman–Crippen LogP) is 1.51. The maximum absolute atomic E-state index is 5.55. The van der Waals surface area contributed by atoms with E-state index >= 15 is 0 Å². The largest absolute Gasteiger partial charge is 0.375 e. The van der Waals surface area contributed by atoms with Crippen molar-refractivity contribution in [1.29, 1.82) is 0 Å². The number of hydrogen-bond acceptors (Lipinski definition) is 2. The maximum atomic E-state index is 5.55. The highest BCUT2D eigenvalue weighted by Crippen LogP contribution is 2.30. The Hall–Kier alpha value is -0.0800. The van der Waals surface area contributed by atoms with E-state index in [1.165, 1.54) is 19.5 Å². The number of morpholine rings is 1. The van der Waals surface area contributed by atoms with Gasteiger partial charge < -0.3 is 4.74 Å². The van der Waals surface area contributed by atoms with Crippen LogP contribution in [0.15, 0.2) is 0 Å². The van der Waals surface area contributed by atoms with Crippen molar-refractivity contribution >= 4 is 0 Å². The first-order valence-electron chi connectivity index (χ1n) is 4.90. The van der Waals surface area contributed by atoms with E-state index in [2.05, 4.69) is 25.7 Å². The Morgan fingerprint density at radius 1 is 1.42 bits per heavy atom. The van der Waals surface area contributed by atoms with Crippen LogP contribution in [-0.4, -0.2) is 36.7 Å². The number of likely N-dealkylation sites (tertiary alicyclic amines) is 1. The van der Waals surface area contributed by atoms with Gasteiger partial charge in [0, 0.05) is 19.1 Å². The van der Waals surface area contributed by atoms with Crippen LogP contribution in [0.1, 0.15) is 27.2 Å². The molecule has 2 saturated heterocycles. The monoisotopic (exact) mass is 169 g/mol. The van der Waals surface area contributed by atoms with E-state index in [-0.39, 0.29) is 0 Å². The molecule has 0 unspecified atom stereocenters. The number of ether oxygens (including phenoxy) is 1. The number of fused-ring (bicyclic) bond motifs is 2. The molecule has 0 aliphatic carbocycles. The third-order valence-electron chi connectivity index (χ3n) is 2.69. The van der Waals surface area contributed by atoms with Crippen LogP contribution in [0, 0.1) is 5.41 Å². The first-order chi connectivity index (χ1) is 5.54. The molecule has 0 saturated carbocycles. The van der Waals surface area contributed by atoms with E-state index in [4.69, 9.17) is 4.74 Å². The Balaban J connectivity index is 1.91. The molecule has 2 heterocycles. The lowest BCUT2D eigenvalue weighted by Crippen LogP contribution is -2.41. The van der Waals surface area contributed by atoms with Crippen molar-refractivity contribution in [3.63, 3.8) is 0 Å². The van der Waals surface area contributed by atoms with E-state index in [0.29, 0.717) is 11.5 Å². The van der Waals surface area contributed by atoms with Gasteiger partial charge in [-0.1, -0.05) is 20.8 Å². The van der Waals surface area contributed by atoms with Gasteiger partial charge in [0.15, 0.2) is 0 Å². The average molecular weight is 169 g/mol. The van der Waals surface area contributed by atoms with E-state index in [9.17, 15) is 0 Å². The van der Waals surface area contributed by atoms with Gasteiger partial charge in [-0.25, -0.2) is 0 Å². The molecule has 0 radical (unpaired) electrons. The van der Waals surface area contributed by atoms with Gasteiger partial charge in [0.1, 0.15) is 0 Å². The van der Waals surface area contributed by atoms with Crippen LogP contribution in [0.3, 0.4) is 0 Å². The van der Waals surface area contributed by atoms with Gasteiger partial charge in [-0.2, -0.15) is 0 Å². The molecule has 2 fully saturated rings. The van der Waals surface area contributed by atoms with Gasteiger partial charge in [0.05, 0.1) is 12.7 Å². The van der Waals surface area contributed by atoms with Crippen molar-refractivity contribution in [1.82, 2.24) is 4.90 Å². The molecule has 2 atom stereocenters. The average Bonchev–Trinajstić information content (AvgIpc) is 2.42. The van der Waals surface area contributed by atoms with Crippen molar-refractivity contribution in [2.24, 2.45) is 5.41 Å². The molecule has 2 bridgehead atoms.